The minimum Gasteiger partial charge on any atom is -0.465 e. The highest BCUT2D eigenvalue weighted by Crippen LogP contribution is 2.25. The molecule has 0 aromatic carbocycles. The van der Waals surface area contributed by atoms with Crippen molar-refractivity contribution in [2.45, 2.75) is 39.3 Å². The molecule has 1 saturated heterocycles. The van der Waals surface area contributed by atoms with Gasteiger partial charge in [-0.3, -0.25) is 4.79 Å². The molecule has 1 amide bonds. The minimum absolute atomic E-state index is 0.111. The van der Waals surface area contributed by atoms with Crippen molar-refractivity contribution in [1.29, 1.82) is 0 Å². The molecule has 1 N–H and O–H groups in total. The maximum atomic E-state index is 12.3. The smallest absolute Gasteiger partial charge is 0.242 e. The third-order valence-corrected chi connectivity index (χ3v) is 4.62. The van der Waals surface area contributed by atoms with Crippen molar-refractivity contribution in [3.8, 4) is 0 Å². The molecule has 136 valence electrons. The summed E-state index contributed by atoms with van der Waals surface area (Å²) in [6, 6.07) is 3.73. The normalized spacial score (nSPS) is 14.7. The number of hydrogen-bond donors (Lipinski definition) is 1. The largest absolute Gasteiger partial charge is 0.465 e. The summed E-state index contributed by atoms with van der Waals surface area (Å²) in [5, 5.41) is 8.09. The standard InChI is InChI=1S/C18H22N6O2/c1-13-5-6-14(26-13)9-19-16(25)11-24-18-15(10-22-24)17(20-12-21-18)23-7-3-2-4-8-23/h5-6,10,12H,2-4,7-9,11H2,1H3,(H,19,25). The van der Waals surface area contributed by atoms with Crippen LogP contribution in [0, 0.1) is 6.92 Å². The van der Waals surface area contributed by atoms with E-state index < -0.39 is 0 Å². The first-order valence-electron chi connectivity index (χ1n) is 8.94. The molecule has 1 aliphatic rings. The third kappa shape index (κ3) is 3.40. The third-order valence-electron chi connectivity index (χ3n) is 4.62. The minimum atomic E-state index is -0.137. The lowest BCUT2D eigenvalue weighted by Crippen LogP contribution is -2.30. The summed E-state index contributed by atoms with van der Waals surface area (Å²) in [6.45, 7) is 4.35. The van der Waals surface area contributed by atoms with Crippen LogP contribution in [-0.2, 0) is 17.9 Å². The van der Waals surface area contributed by atoms with Gasteiger partial charge in [-0.1, -0.05) is 0 Å². The van der Waals surface area contributed by atoms with Gasteiger partial charge in [-0.05, 0) is 38.3 Å². The summed E-state index contributed by atoms with van der Waals surface area (Å²) in [6.07, 6.45) is 6.92. The zero-order chi connectivity index (χ0) is 17.9. The number of nitrogens with zero attached hydrogens (tertiary/aromatic N) is 5. The van der Waals surface area contributed by atoms with E-state index >= 15 is 0 Å². The Kier molecular flexibility index (Phi) is 4.55. The molecule has 26 heavy (non-hydrogen) atoms. The van der Waals surface area contributed by atoms with E-state index in [1.54, 1.807) is 17.2 Å². The number of aryl methyl sites for hydroxylation is 1. The number of carbonyl (C=O) groups excluding carboxylic acids is 1. The van der Waals surface area contributed by atoms with Crippen molar-refractivity contribution < 1.29 is 9.21 Å². The molecule has 3 aromatic rings. The number of carbonyl (C=O) groups is 1. The quantitative estimate of drug-likeness (QED) is 0.754. The summed E-state index contributed by atoms with van der Waals surface area (Å²) in [5.74, 6) is 2.33. The Hall–Kier alpha value is -2.90. The second kappa shape index (κ2) is 7.15. The van der Waals surface area contributed by atoms with Crippen LogP contribution in [0.4, 0.5) is 5.82 Å². The summed E-state index contributed by atoms with van der Waals surface area (Å²) in [4.78, 5) is 23.3. The lowest BCUT2D eigenvalue weighted by atomic mass is 10.1. The zero-order valence-electron chi connectivity index (χ0n) is 14.8. The first-order valence-corrected chi connectivity index (χ1v) is 8.94. The predicted molar refractivity (Wildman–Crippen MR) is 96.7 cm³/mol. The number of amides is 1. The highest BCUT2D eigenvalue weighted by Gasteiger charge is 2.18. The van der Waals surface area contributed by atoms with Gasteiger partial charge in [0, 0.05) is 13.1 Å². The molecule has 3 aromatic heterocycles. The molecule has 0 atom stereocenters. The van der Waals surface area contributed by atoms with Crippen molar-refractivity contribution in [3.63, 3.8) is 0 Å². The van der Waals surface area contributed by atoms with E-state index in [9.17, 15) is 4.79 Å². The summed E-state index contributed by atoms with van der Waals surface area (Å²) in [7, 11) is 0. The Balaban J connectivity index is 1.47. The molecule has 8 nitrogen and oxygen atoms in total. The predicted octanol–water partition coefficient (Wildman–Crippen LogP) is 2.03. The molecular weight excluding hydrogens is 332 g/mol. The fourth-order valence-corrected chi connectivity index (χ4v) is 3.31. The molecule has 0 saturated carbocycles. The molecule has 0 radical (unpaired) electrons. The van der Waals surface area contributed by atoms with Crippen LogP contribution in [0.5, 0.6) is 0 Å². The van der Waals surface area contributed by atoms with Gasteiger partial charge < -0.3 is 14.6 Å². The van der Waals surface area contributed by atoms with Gasteiger partial charge in [0.05, 0.1) is 18.1 Å². The molecular formula is C18H22N6O2. The molecule has 4 rings (SSSR count). The maximum absolute atomic E-state index is 12.3. The van der Waals surface area contributed by atoms with Crippen molar-refractivity contribution in [3.05, 3.63) is 36.2 Å². The van der Waals surface area contributed by atoms with Crippen LogP contribution in [0.25, 0.3) is 11.0 Å². The average Bonchev–Trinajstić information content (AvgIpc) is 3.27. The lowest BCUT2D eigenvalue weighted by molar-refractivity contribution is -0.122. The fourth-order valence-electron chi connectivity index (χ4n) is 3.31. The van der Waals surface area contributed by atoms with Crippen LogP contribution in [0.3, 0.4) is 0 Å². The van der Waals surface area contributed by atoms with Gasteiger partial charge in [-0.25, -0.2) is 14.6 Å². The van der Waals surface area contributed by atoms with E-state index in [1.165, 1.54) is 19.3 Å². The first-order chi connectivity index (χ1) is 12.7. The van der Waals surface area contributed by atoms with Crippen molar-refractivity contribution in [2.24, 2.45) is 0 Å². The number of aromatic nitrogens is 4. The number of piperidine rings is 1. The van der Waals surface area contributed by atoms with Crippen molar-refractivity contribution in [2.75, 3.05) is 18.0 Å². The number of nitrogens with one attached hydrogen (secondary N) is 1. The highest BCUT2D eigenvalue weighted by atomic mass is 16.3. The van der Waals surface area contributed by atoms with Gasteiger partial charge in [-0.15, -0.1) is 0 Å². The first kappa shape index (κ1) is 16.6. The van der Waals surface area contributed by atoms with Crippen molar-refractivity contribution >= 4 is 22.8 Å². The molecule has 4 heterocycles. The van der Waals surface area contributed by atoms with Gasteiger partial charge >= 0.3 is 0 Å². The van der Waals surface area contributed by atoms with Gasteiger partial charge in [0.2, 0.25) is 5.91 Å². The van der Waals surface area contributed by atoms with Crippen molar-refractivity contribution in [1.82, 2.24) is 25.1 Å². The number of hydrogen-bond acceptors (Lipinski definition) is 6. The number of furan rings is 1. The van der Waals surface area contributed by atoms with Gasteiger partial charge in [0.25, 0.3) is 0 Å². The number of rotatable bonds is 5. The van der Waals surface area contributed by atoms with E-state index in [-0.39, 0.29) is 12.5 Å². The molecule has 1 fully saturated rings. The number of fused-ring (bicyclic) bond motifs is 1. The second-order valence-electron chi connectivity index (χ2n) is 6.57. The fraction of sp³-hybridized carbons (Fsp3) is 0.444. The van der Waals surface area contributed by atoms with Gasteiger partial charge in [0.15, 0.2) is 5.65 Å². The van der Waals surface area contributed by atoms with Gasteiger partial charge in [0.1, 0.15) is 30.2 Å². The Morgan fingerprint density at radius 1 is 1.23 bits per heavy atom. The van der Waals surface area contributed by atoms with E-state index in [0.29, 0.717) is 12.2 Å². The highest BCUT2D eigenvalue weighted by molar-refractivity contribution is 5.87. The van der Waals surface area contributed by atoms with Crippen LogP contribution in [0.1, 0.15) is 30.8 Å². The maximum Gasteiger partial charge on any atom is 0.242 e. The Morgan fingerprint density at radius 3 is 2.85 bits per heavy atom. The van der Waals surface area contributed by atoms with E-state index in [4.69, 9.17) is 4.42 Å². The molecule has 0 unspecified atom stereocenters. The SMILES string of the molecule is Cc1ccc(CNC(=O)Cn2ncc3c(N4CCCCC4)ncnc32)o1. The molecule has 0 aliphatic carbocycles. The molecule has 8 heteroatoms. The summed E-state index contributed by atoms with van der Waals surface area (Å²) in [5.41, 5.74) is 0.685. The van der Waals surface area contributed by atoms with Gasteiger partial charge in [-0.2, -0.15) is 5.10 Å². The molecule has 0 spiro atoms. The second-order valence-corrected chi connectivity index (χ2v) is 6.57. The molecule has 1 aliphatic heterocycles. The van der Waals surface area contributed by atoms with Crippen LogP contribution < -0.4 is 10.2 Å². The van der Waals surface area contributed by atoms with E-state index in [2.05, 4.69) is 25.3 Å². The Morgan fingerprint density at radius 2 is 2.08 bits per heavy atom. The Bertz CT molecular complexity index is 909. The van der Waals surface area contributed by atoms with Crippen LogP contribution in [0.15, 0.2) is 29.1 Å². The zero-order valence-corrected chi connectivity index (χ0v) is 14.8. The summed E-state index contributed by atoms with van der Waals surface area (Å²) < 4.78 is 7.08. The average molecular weight is 354 g/mol. The topological polar surface area (TPSA) is 89.1 Å². The monoisotopic (exact) mass is 354 g/mol. The van der Waals surface area contributed by atoms with E-state index in [1.807, 2.05) is 19.1 Å². The van der Waals surface area contributed by atoms with E-state index in [0.717, 1.165) is 35.8 Å². The van der Waals surface area contributed by atoms with Crippen LogP contribution in [-0.4, -0.2) is 38.7 Å². The van der Waals surface area contributed by atoms with Crippen LogP contribution in [0.2, 0.25) is 0 Å². The Labute approximate surface area is 151 Å². The number of anilines is 1. The van der Waals surface area contributed by atoms with Crippen LogP contribution >= 0.6 is 0 Å². The molecule has 0 bridgehead atoms. The lowest BCUT2D eigenvalue weighted by Gasteiger charge is -2.27. The summed E-state index contributed by atoms with van der Waals surface area (Å²) >= 11 is 0.